The van der Waals surface area contributed by atoms with Crippen molar-refractivity contribution in [3.05, 3.63) is 24.3 Å². The Labute approximate surface area is 162 Å². The molecule has 0 aromatic heterocycles. The molecule has 148 valence electrons. The summed E-state index contributed by atoms with van der Waals surface area (Å²) in [6.07, 6.45) is 4.94. The van der Waals surface area contributed by atoms with Crippen molar-refractivity contribution >= 4 is 17.5 Å². The SMILES string of the molecule is CCCCCCOc1ccc(N2C(=O)C[C@@H](N3CCN(C)CC3)C2=O)cc1. The quantitative estimate of drug-likeness (QED) is 0.518. The average molecular weight is 373 g/mol. The highest BCUT2D eigenvalue weighted by molar-refractivity contribution is 6.22. The van der Waals surface area contributed by atoms with Crippen molar-refractivity contribution in [2.75, 3.05) is 44.7 Å². The minimum Gasteiger partial charge on any atom is -0.494 e. The number of rotatable bonds is 8. The van der Waals surface area contributed by atoms with Crippen LogP contribution < -0.4 is 9.64 Å². The van der Waals surface area contributed by atoms with Crippen LogP contribution in [0.25, 0.3) is 0 Å². The topological polar surface area (TPSA) is 53.1 Å². The Morgan fingerprint density at radius 1 is 1.00 bits per heavy atom. The highest BCUT2D eigenvalue weighted by Gasteiger charge is 2.43. The standard InChI is InChI=1S/C21H31N3O3/c1-3-4-5-6-15-27-18-9-7-17(8-10-18)24-20(25)16-19(21(24)26)23-13-11-22(2)12-14-23/h7-10,19H,3-6,11-16H2,1-2H3/t19-/m1/s1. The zero-order valence-corrected chi connectivity index (χ0v) is 16.5. The number of amides is 2. The molecular formula is C21H31N3O3. The van der Waals surface area contributed by atoms with Crippen LogP contribution in [0.4, 0.5) is 5.69 Å². The summed E-state index contributed by atoms with van der Waals surface area (Å²) >= 11 is 0. The molecule has 6 nitrogen and oxygen atoms in total. The maximum Gasteiger partial charge on any atom is 0.251 e. The van der Waals surface area contributed by atoms with E-state index in [-0.39, 0.29) is 24.3 Å². The van der Waals surface area contributed by atoms with E-state index in [1.165, 1.54) is 24.2 Å². The van der Waals surface area contributed by atoms with Gasteiger partial charge in [0.2, 0.25) is 5.91 Å². The Balaban J connectivity index is 1.57. The molecule has 0 unspecified atom stereocenters. The number of ether oxygens (including phenoxy) is 1. The highest BCUT2D eigenvalue weighted by atomic mass is 16.5. The van der Waals surface area contributed by atoms with E-state index < -0.39 is 0 Å². The van der Waals surface area contributed by atoms with E-state index in [0.717, 1.165) is 38.3 Å². The number of hydrogen-bond acceptors (Lipinski definition) is 5. The van der Waals surface area contributed by atoms with Gasteiger partial charge in [-0.25, -0.2) is 4.90 Å². The number of piperazine rings is 1. The van der Waals surface area contributed by atoms with Crippen molar-refractivity contribution in [3.63, 3.8) is 0 Å². The molecule has 0 bridgehead atoms. The smallest absolute Gasteiger partial charge is 0.251 e. The van der Waals surface area contributed by atoms with Gasteiger partial charge in [0.25, 0.3) is 5.91 Å². The first-order valence-corrected chi connectivity index (χ1v) is 10.1. The van der Waals surface area contributed by atoms with Crippen LogP contribution in [0, 0.1) is 0 Å². The molecule has 0 N–H and O–H groups in total. The third-order valence-electron chi connectivity index (χ3n) is 5.46. The number of carbonyl (C=O) groups is 2. The Bertz CT molecular complexity index is 639. The van der Waals surface area contributed by atoms with Crippen molar-refractivity contribution in [2.24, 2.45) is 0 Å². The van der Waals surface area contributed by atoms with Gasteiger partial charge >= 0.3 is 0 Å². The molecule has 3 rings (SSSR count). The van der Waals surface area contributed by atoms with Crippen molar-refractivity contribution in [1.82, 2.24) is 9.80 Å². The van der Waals surface area contributed by atoms with E-state index in [2.05, 4.69) is 23.8 Å². The van der Waals surface area contributed by atoms with E-state index in [9.17, 15) is 9.59 Å². The number of unbranched alkanes of at least 4 members (excludes halogenated alkanes) is 3. The molecule has 1 atom stereocenters. The number of benzene rings is 1. The molecule has 27 heavy (non-hydrogen) atoms. The largest absolute Gasteiger partial charge is 0.494 e. The van der Waals surface area contributed by atoms with E-state index in [4.69, 9.17) is 4.74 Å². The molecule has 2 aliphatic heterocycles. The zero-order valence-electron chi connectivity index (χ0n) is 16.5. The van der Waals surface area contributed by atoms with Gasteiger partial charge in [-0.15, -0.1) is 0 Å². The molecule has 2 amide bonds. The van der Waals surface area contributed by atoms with Crippen LogP contribution in [-0.4, -0.2) is 67.5 Å². The fourth-order valence-corrected chi connectivity index (χ4v) is 3.72. The second kappa shape index (κ2) is 9.33. The lowest BCUT2D eigenvalue weighted by molar-refractivity contribution is -0.123. The molecular weight excluding hydrogens is 342 g/mol. The van der Waals surface area contributed by atoms with Crippen LogP contribution in [-0.2, 0) is 9.59 Å². The first kappa shape index (κ1) is 19.8. The van der Waals surface area contributed by atoms with Gasteiger partial charge in [-0.05, 0) is 37.7 Å². The number of carbonyl (C=O) groups excluding carboxylic acids is 2. The van der Waals surface area contributed by atoms with Gasteiger partial charge in [-0.3, -0.25) is 14.5 Å². The maximum absolute atomic E-state index is 12.9. The van der Waals surface area contributed by atoms with Crippen LogP contribution in [0.15, 0.2) is 24.3 Å². The van der Waals surface area contributed by atoms with Gasteiger partial charge in [0.15, 0.2) is 0 Å². The molecule has 0 spiro atoms. The molecule has 2 fully saturated rings. The van der Waals surface area contributed by atoms with E-state index in [0.29, 0.717) is 12.3 Å². The van der Waals surface area contributed by atoms with E-state index in [1.807, 2.05) is 24.3 Å². The number of hydrogen-bond donors (Lipinski definition) is 0. The predicted octanol–water partition coefficient (Wildman–Crippen LogP) is 2.53. The molecule has 1 aromatic rings. The van der Waals surface area contributed by atoms with Gasteiger partial charge in [0.05, 0.1) is 24.8 Å². The summed E-state index contributed by atoms with van der Waals surface area (Å²) in [5.74, 6) is 0.569. The van der Waals surface area contributed by atoms with Crippen molar-refractivity contribution < 1.29 is 14.3 Å². The maximum atomic E-state index is 12.9. The summed E-state index contributed by atoms with van der Waals surface area (Å²) in [5.41, 5.74) is 0.639. The monoisotopic (exact) mass is 373 g/mol. The predicted molar refractivity (Wildman–Crippen MR) is 106 cm³/mol. The van der Waals surface area contributed by atoms with Crippen LogP contribution >= 0.6 is 0 Å². The summed E-state index contributed by atoms with van der Waals surface area (Å²) in [4.78, 5) is 31.1. The molecule has 0 saturated carbocycles. The number of imide groups is 1. The lowest BCUT2D eigenvalue weighted by Gasteiger charge is -2.35. The summed E-state index contributed by atoms with van der Waals surface area (Å²) in [7, 11) is 2.08. The lowest BCUT2D eigenvalue weighted by atomic mass is 10.2. The fraction of sp³-hybridized carbons (Fsp3) is 0.619. The van der Waals surface area contributed by atoms with Crippen LogP contribution in [0.1, 0.15) is 39.0 Å². The molecule has 2 aliphatic rings. The second-order valence-electron chi connectivity index (χ2n) is 7.53. The molecule has 2 heterocycles. The molecule has 6 heteroatoms. The lowest BCUT2D eigenvalue weighted by Crippen LogP contribution is -2.51. The Hall–Kier alpha value is -1.92. The van der Waals surface area contributed by atoms with Crippen LogP contribution in [0.5, 0.6) is 5.75 Å². The summed E-state index contributed by atoms with van der Waals surface area (Å²) < 4.78 is 5.75. The third-order valence-corrected chi connectivity index (χ3v) is 5.46. The molecule has 2 saturated heterocycles. The zero-order chi connectivity index (χ0) is 19.2. The fourth-order valence-electron chi connectivity index (χ4n) is 3.72. The van der Waals surface area contributed by atoms with Gasteiger partial charge in [0, 0.05) is 26.2 Å². The van der Waals surface area contributed by atoms with Crippen molar-refractivity contribution in [2.45, 2.75) is 45.1 Å². The number of nitrogens with zero attached hydrogens (tertiary/aromatic N) is 3. The van der Waals surface area contributed by atoms with Gasteiger partial charge in [0.1, 0.15) is 5.75 Å². The second-order valence-corrected chi connectivity index (χ2v) is 7.53. The van der Waals surface area contributed by atoms with Crippen LogP contribution in [0.3, 0.4) is 0 Å². The van der Waals surface area contributed by atoms with Crippen molar-refractivity contribution in [1.29, 1.82) is 0 Å². The first-order valence-electron chi connectivity index (χ1n) is 10.1. The van der Waals surface area contributed by atoms with Crippen molar-refractivity contribution in [3.8, 4) is 5.75 Å². The number of likely N-dealkylation sites (N-methyl/N-ethyl adjacent to an activating group) is 1. The minimum absolute atomic E-state index is 0.0993. The third kappa shape index (κ3) is 4.87. The average Bonchev–Trinajstić information content (AvgIpc) is 2.97. The van der Waals surface area contributed by atoms with Gasteiger partial charge in [-0.1, -0.05) is 26.2 Å². The molecule has 0 aliphatic carbocycles. The minimum atomic E-state index is -0.319. The normalized spacial score (nSPS) is 21.9. The Morgan fingerprint density at radius 2 is 1.70 bits per heavy atom. The highest BCUT2D eigenvalue weighted by Crippen LogP contribution is 2.28. The first-order chi connectivity index (χ1) is 13.1. The Kier molecular flexibility index (Phi) is 6.85. The summed E-state index contributed by atoms with van der Waals surface area (Å²) in [6, 6.07) is 6.99. The van der Waals surface area contributed by atoms with Gasteiger partial charge < -0.3 is 9.64 Å². The van der Waals surface area contributed by atoms with Crippen LogP contribution in [0.2, 0.25) is 0 Å². The van der Waals surface area contributed by atoms with E-state index >= 15 is 0 Å². The van der Waals surface area contributed by atoms with E-state index in [1.54, 1.807) is 0 Å². The van der Waals surface area contributed by atoms with Gasteiger partial charge in [-0.2, -0.15) is 0 Å². The number of anilines is 1. The Morgan fingerprint density at radius 3 is 2.37 bits per heavy atom. The molecule has 0 radical (unpaired) electrons. The summed E-state index contributed by atoms with van der Waals surface area (Å²) in [6.45, 7) is 6.42. The summed E-state index contributed by atoms with van der Waals surface area (Å²) in [5, 5.41) is 0. The molecule has 1 aromatic carbocycles.